The summed E-state index contributed by atoms with van der Waals surface area (Å²) in [6.45, 7) is 4.36. The average Bonchev–Trinajstić information content (AvgIpc) is 2.70. The first kappa shape index (κ1) is 9.71. The van der Waals surface area contributed by atoms with Gasteiger partial charge in [0.05, 0.1) is 0 Å². The highest BCUT2D eigenvalue weighted by Crippen LogP contribution is 2.30. The van der Waals surface area contributed by atoms with Crippen LogP contribution in [-0.2, 0) is 0 Å². The number of aromatic nitrogens is 2. The zero-order valence-corrected chi connectivity index (χ0v) is 8.98. The Labute approximate surface area is 85.3 Å². The molecule has 78 valence electrons. The van der Waals surface area contributed by atoms with Gasteiger partial charge >= 0.3 is 0 Å². The summed E-state index contributed by atoms with van der Waals surface area (Å²) in [5.41, 5.74) is 6.09. The molecule has 1 saturated carbocycles. The van der Waals surface area contributed by atoms with Crippen LogP contribution in [0.2, 0.25) is 0 Å². The highest BCUT2D eigenvalue weighted by molar-refractivity contribution is 5.02. The third-order valence-corrected chi connectivity index (χ3v) is 3.10. The van der Waals surface area contributed by atoms with E-state index in [0.717, 1.165) is 6.42 Å². The molecule has 2 atom stereocenters. The van der Waals surface area contributed by atoms with Crippen LogP contribution in [0, 0.1) is 0 Å². The summed E-state index contributed by atoms with van der Waals surface area (Å²) in [6, 6.07) is 0.802. The molecule has 2 N–H and O–H groups in total. The van der Waals surface area contributed by atoms with Crippen molar-refractivity contribution in [1.29, 1.82) is 0 Å². The molecule has 0 saturated heterocycles. The summed E-state index contributed by atoms with van der Waals surface area (Å²) in [5, 5.41) is 0. The van der Waals surface area contributed by atoms with Crippen molar-refractivity contribution in [2.75, 3.05) is 0 Å². The molecule has 1 aromatic heterocycles. The van der Waals surface area contributed by atoms with Crippen molar-refractivity contribution < 1.29 is 0 Å². The molecule has 0 aromatic carbocycles. The second kappa shape index (κ2) is 3.73. The molecule has 0 radical (unpaired) electrons. The van der Waals surface area contributed by atoms with Gasteiger partial charge in [-0.05, 0) is 19.3 Å². The van der Waals surface area contributed by atoms with Crippen LogP contribution in [0.1, 0.15) is 50.9 Å². The Bertz CT molecular complexity index is 303. The monoisotopic (exact) mass is 193 g/mol. The average molecular weight is 193 g/mol. The van der Waals surface area contributed by atoms with Crippen molar-refractivity contribution in [2.45, 2.75) is 51.1 Å². The van der Waals surface area contributed by atoms with Crippen molar-refractivity contribution in [2.24, 2.45) is 5.73 Å². The van der Waals surface area contributed by atoms with Crippen LogP contribution in [-0.4, -0.2) is 15.6 Å². The molecule has 1 fully saturated rings. The Morgan fingerprint density at radius 1 is 1.50 bits per heavy atom. The first-order chi connectivity index (χ1) is 6.70. The SMILES string of the molecule is CC(C)c1nccn1C1CCCC1N. The van der Waals surface area contributed by atoms with Gasteiger partial charge in [-0.2, -0.15) is 0 Å². The fourth-order valence-electron chi connectivity index (χ4n) is 2.37. The number of hydrogen-bond acceptors (Lipinski definition) is 2. The lowest BCUT2D eigenvalue weighted by molar-refractivity contribution is 0.440. The first-order valence-corrected chi connectivity index (χ1v) is 5.48. The van der Waals surface area contributed by atoms with Crippen molar-refractivity contribution >= 4 is 0 Å². The summed E-state index contributed by atoms with van der Waals surface area (Å²) >= 11 is 0. The minimum atomic E-state index is 0.321. The maximum atomic E-state index is 6.09. The van der Waals surface area contributed by atoms with Gasteiger partial charge in [-0.1, -0.05) is 13.8 Å². The summed E-state index contributed by atoms with van der Waals surface area (Å²) in [4.78, 5) is 4.40. The lowest BCUT2D eigenvalue weighted by Crippen LogP contribution is -2.28. The van der Waals surface area contributed by atoms with Gasteiger partial charge in [-0.3, -0.25) is 0 Å². The second-order valence-electron chi connectivity index (χ2n) is 4.51. The van der Waals surface area contributed by atoms with E-state index >= 15 is 0 Å². The Balaban J connectivity index is 2.26. The molecule has 1 aromatic rings. The van der Waals surface area contributed by atoms with Gasteiger partial charge in [0.1, 0.15) is 5.82 Å². The third kappa shape index (κ3) is 1.57. The van der Waals surface area contributed by atoms with Crippen molar-refractivity contribution in [1.82, 2.24) is 9.55 Å². The Morgan fingerprint density at radius 2 is 2.29 bits per heavy atom. The molecule has 1 heterocycles. The molecule has 0 bridgehead atoms. The lowest BCUT2D eigenvalue weighted by Gasteiger charge is -2.20. The van der Waals surface area contributed by atoms with Gasteiger partial charge in [0.15, 0.2) is 0 Å². The molecule has 14 heavy (non-hydrogen) atoms. The van der Waals surface area contributed by atoms with E-state index in [1.807, 2.05) is 6.20 Å². The Kier molecular flexibility index (Phi) is 2.59. The molecule has 0 aliphatic heterocycles. The van der Waals surface area contributed by atoms with Gasteiger partial charge in [0.25, 0.3) is 0 Å². The van der Waals surface area contributed by atoms with Gasteiger partial charge in [0, 0.05) is 30.4 Å². The summed E-state index contributed by atoms with van der Waals surface area (Å²) in [5.74, 6) is 1.66. The van der Waals surface area contributed by atoms with Crippen molar-refractivity contribution in [3.63, 3.8) is 0 Å². The zero-order chi connectivity index (χ0) is 10.1. The summed E-state index contributed by atoms with van der Waals surface area (Å²) < 4.78 is 2.28. The van der Waals surface area contributed by atoms with E-state index in [0.29, 0.717) is 18.0 Å². The fourth-order valence-corrected chi connectivity index (χ4v) is 2.37. The van der Waals surface area contributed by atoms with E-state index in [4.69, 9.17) is 5.73 Å². The molecule has 1 aliphatic rings. The minimum Gasteiger partial charge on any atom is -0.330 e. The van der Waals surface area contributed by atoms with E-state index in [9.17, 15) is 0 Å². The van der Waals surface area contributed by atoms with Gasteiger partial charge in [0.2, 0.25) is 0 Å². The van der Waals surface area contributed by atoms with Crippen LogP contribution < -0.4 is 5.73 Å². The molecule has 0 spiro atoms. The molecule has 3 nitrogen and oxygen atoms in total. The standard InChI is InChI=1S/C11H19N3/c1-8(2)11-13-6-7-14(11)10-5-3-4-9(10)12/h6-10H,3-5,12H2,1-2H3. The highest BCUT2D eigenvalue weighted by atomic mass is 15.1. The first-order valence-electron chi connectivity index (χ1n) is 5.48. The predicted octanol–water partition coefficient (Wildman–Crippen LogP) is 2.06. The van der Waals surface area contributed by atoms with E-state index < -0.39 is 0 Å². The third-order valence-electron chi connectivity index (χ3n) is 3.10. The zero-order valence-electron chi connectivity index (χ0n) is 8.98. The van der Waals surface area contributed by atoms with Gasteiger partial charge < -0.3 is 10.3 Å². The Hall–Kier alpha value is -0.830. The van der Waals surface area contributed by atoms with E-state index in [-0.39, 0.29) is 0 Å². The fraction of sp³-hybridized carbons (Fsp3) is 0.727. The molecule has 1 aliphatic carbocycles. The maximum Gasteiger partial charge on any atom is 0.111 e. The van der Waals surface area contributed by atoms with E-state index in [2.05, 4.69) is 29.6 Å². The molecule has 2 rings (SSSR count). The van der Waals surface area contributed by atoms with Gasteiger partial charge in [-0.15, -0.1) is 0 Å². The van der Waals surface area contributed by atoms with E-state index in [1.54, 1.807) is 0 Å². The minimum absolute atomic E-state index is 0.321. The number of hydrogen-bond donors (Lipinski definition) is 1. The Morgan fingerprint density at radius 3 is 2.86 bits per heavy atom. The number of rotatable bonds is 2. The van der Waals surface area contributed by atoms with Gasteiger partial charge in [-0.25, -0.2) is 4.98 Å². The van der Waals surface area contributed by atoms with Crippen LogP contribution >= 0.6 is 0 Å². The highest BCUT2D eigenvalue weighted by Gasteiger charge is 2.27. The van der Waals surface area contributed by atoms with Crippen molar-refractivity contribution in [3.05, 3.63) is 18.2 Å². The van der Waals surface area contributed by atoms with Crippen LogP contribution in [0.5, 0.6) is 0 Å². The van der Waals surface area contributed by atoms with Crippen LogP contribution in [0.15, 0.2) is 12.4 Å². The number of imidazole rings is 1. The molecule has 3 heteroatoms. The topological polar surface area (TPSA) is 43.8 Å². The predicted molar refractivity (Wildman–Crippen MR) is 57.2 cm³/mol. The molecule has 2 unspecified atom stereocenters. The molecular formula is C11H19N3. The molecular weight excluding hydrogens is 174 g/mol. The molecule has 0 amide bonds. The van der Waals surface area contributed by atoms with Crippen LogP contribution in [0.3, 0.4) is 0 Å². The number of nitrogens with zero attached hydrogens (tertiary/aromatic N) is 2. The number of nitrogens with two attached hydrogens (primary N) is 1. The maximum absolute atomic E-state index is 6.09. The quantitative estimate of drug-likeness (QED) is 0.781. The lowest BCUT2D eigenvalue weighted by atomic mass is 10.1. The summed E-state index contributed by atoms with van der Waals surface area (Å²) in [6.07, 6.45) is 7.57. The van der Waals surface area contributed by atoms with Crippen LogP contribution in [0.25, 0.3) is 0 Å². The smallest absolute Gasteiger partial charge is 0.111 e. The summed E-state index contributed by atoms with van der Waals surface area (Å²) in [7, 11) is 0. The normalized spacial score (nSPS) is 27.4. The van der Waals surface area contributed by atoms with Crippen molar-refractivity contribution in [3.8, 4) is 0 Å². The second-order valence-corrected chi connectivity index (χ2v) is 4.51. The largest absolute Gasteiger partial charge is 0.330 e. The van der Waals surface area contributed by atoms with E-state index in [1.165, 1.54) is 18.7 Å². The van der Waals surface area contributed by atoms with Crippen LogP contribution in [0.4, 0.5) is 0 Å².